The fourth-order valence-corrected chi connectivity index (χ4v) is 2.36. The zero-order chi connectivity index (χ0) is 14.3. The number of hydrogen-bond donors (Lipinski definition) is 2. The van der Waals surface area contributed by atoms with Crippen molar-refractivity contribution in [1.29, 1.82) is 0 Å². The SMILES string of the molecule is CC(C)CCC(=O)NCC(=O)N1CCCCC1CN.Cl. The van der Waals surface area contributed by atoms with Gasteiger partial charge in [0.05, 0.1) is 6.54 Å². The Labute approximate surface area is 128 Å². The maximum Gasteiger partial charge on any atom is 0.242 e. The Morgan fingerprint density at radius 1 is 1.35 bits per heavy atom. The molecule has 2 amide bonds. The number of rotatable bonds is 6. The average molecular weight is 306 g/mol. The maximum atomic E-state index is 12.1. The molecule has 1 fully saturated rings. The molecular formula is C14H28ClN3O2. The van der Waals surface area contributed by atoms with Gasteiger partial charge in [0.1, 0.15) is 0 Å². The molecule has 0 bridgehead atoms. The standard InChI is InChI=1S/C14H27N3O2.ClH/c1-11(2)6-7-13(18)16-10-14(19)17-8-4-3-5-12(17)9-15;/h11-12H,3-10,15H2,1-2H3,(H,16,18);1H. The Kier molecular flexibility index (Phi) is 9.59. The third-order valence-corrected chi connectivity index (χ3v) is 3.61. The van der Waals surface area contributed by atoms with E-state index in [2.05, 4.69) is 19.2 Å². The van der Waals surface area contributed by atoms with Gasteiger partial charge in [-0.05, 0) is 31.6 Å². The quantitative estimate of drug-likeness (QED) is 0.776. The first kappa shape index (κ1) is 19.2. The number of hydrogen-bond acceptors (Lipinski definition) is 3. The van der Waals surface area contributed by atoms with E-state index < -0.39 is 0 Å². The lowest BCUT2D eigenvalue weighted by Crippen LogP contribution is -2.50. The van der Waals surface area contributed by atoms with E-state index in [1.165, 1.54) is 0 Å². The number of piperidine rings is 1. The highest BCUT2D eigenvalue weighted by atomic mass is 35.5. The fourth-order valence-electron chi connectivity index (χ4n) is 2.36. The number of likely N-dealkylation sites (tertiary alicyclic amines) is 1. The first-order valence-corrected chi connectivity index (χ1v) is 7.30. The van der Waals surface area contributed by atoms with Crippen LogP contribution in [0.3, 0.4) is 0 Å². The van der Waals surface area contributed by atoms with Crippen LogP contribution < -0.4 is 11.1 Å². The first-order valence-electron chi connectivity index (χ1n) is 7.30. The molecule has 0 aromatic carbocycles. The smallest absolute Gasteiger partial charge is 0.242 e. The molecular weight excluding hydrogens is 278 g/mol. The predicted molar refractivity (Wildman–Crippen MR) is 82.7 cm³/mol. The number of halogens is 1. The van der Waals surface area contributed by atoms with Crippen LogP contribution in [0.4, 0.5) is 0 Å². The van der Waals surface area contributed by atoms with Crippen molar-refractivity contribution in [2.24, 2.45) is 11.7 Å². The summed E-state index contributed by atoms with van der Waals surface area (Å²) in [7, 11) is 0. The van der Waals surface area contributed by atoms with Crippen LogP contribution in [0, 0.1) is 5.92 Å². The minimum absolute atomic E-state index is 0. The molecule has 0 aliphatic carbocycles. The van der Waals surface area contributed by atoms with Gasteiger partial charge in [-0.3, -0.25) is 9.59 Å². The molecule has 0 aromatic rings. The number of amides is 2. The highest BCUT2D eigenvalue weighted by Gasteiger charge is 2.25. The van der Waals surface area contributed by atoms with Gasteiger partial charge < -0.3 is 16.0 Å². The van der Waals surface area contributed by atoms with E-state index in [0.29, 0.717) is 18.9 Å². The maximum absolute atomic E-state index is 12.1. The summed E-state index contributed by atoms with van der Waals surface area (Å²) >= 11 is 0. The second-order valence-electron chi connectivity index (χ2n) is 5.68. The van der Waals surface area contributed by atoms with Gasteiger partial charge in [0.2, 0.25) is 11.8 Å². The van der Waals surface area contributed by atoms with Crippen molar-refractivity contribution in [3.8, 4) is 0 Å². The van der Waals surface area contributed by atoms with Gasteiger partial charge in [0.25, 0.3) is 0 Å². The van der Waals surface area contributed by atoms with Crippen LogP contribution in [-0.2, 0) is 9.59 Å². The number of nitrogens with one attached hydrogen (secondary N) is 1. The minimum Gasteiger partial charge on any atom is -0.347 e. The number of carbonyl (C=O) groups is 2. The highest BCUT2D eigenvalue weighted by molar-refractivity contribution is 5.85. The molecule has 3 N–H and O–H groups in total. The van der Waals surface area contributed by atoms with Crippen LogP contribution in [0.1, 0.15) is 46.0 Å². The second-order valence-corrected chi connectivity index (χ2v) is 5.68. The van der Waals surface area contributed by atoms with Crippen molar-refractivity contribution in [2.45, 2.75) is 52.0 Å². The van der Waals surface area contributed by atoms with E-state index in [0.717, 1.165) is 32.2 Å². The summed E-state index contributed by atoms with van der Waals surface area (Å²) in [5, 5.41) is 2.71. The van der Waals surface area contributed by atoms with Crippen LogP contribution in [-0.4, -0.2) is 42.4 Å². The van der Waals surface area contributed by atoms with Crippen molar-refractivity contribution in [3.05, 3.63) is 0 Å². The molecule has 1 unspecified atom stereocenters. The molecule has 0 aromatic heterocycles. The molecule has 6 heteroatoms. The van der Waals surface area contributed by atoms with Gasteiger partial charge in [0, 0.05) is 25.6 Å². The van der Waals surface area contributed by atoms with E-state index in [1.54, 1.807) is 0 Å². The topological polar surface area (TPSA) is 75.4 Å². The lowest BCUT2D eigenvalue weighted by molar-refractivity contribution is -0.135. The molecule has 0 saturated carbocycles. The molecule has 0 spiro atoms. The zero-order valence-electron chi connectivity index (χ0n) is 12.6. The average Bonchev–Trinajstić information content (AvgIpc) is 2.42. The van der Waals surface area contributed by atoms with Crippen molar-refractivity contribution < 1.29 is 9.59 Å². The van der Waals surface area contributed by atoms with Crippen LogP contribution in [0.25, 0.3) is 0 Å². The Balaban J connectivity index is 0.00000361. The normalized spacial score (nSPS) is 18.6. The third kappa shape index (κ3) is 6.57. The zero-order valence-corrected chi connectivity index (χ0v) is 13.4. The summed E-state index contributed by atoms with van der Waals surface area (Å²) in [5.74, 6) is 0.460. The largest absolute Gasteiger partial charge is 0.347 e. The molecule has 1 saturated heterocycles. The summed E-state index contributed by atoms with van der Waals surface area (Å²) in [6, 6.07) is 0.147. The van der Waals surface area contributed by atoms with Crippen LogP contribution >= 0.6 is 12.4 Å². The second kappa shape index (κ2) is 10.00. The summed E-state index contributed by atoms with van der Waals surface area (Å²) < 4.78 is 0. The predicted octanol–water partition coefficient (Wildman–Crippen LogP) is 1.30. The van der Waals surface area contributed by atoms with Crippen molar-refractivity contribution in [1.82, 2.24) is 10.2 Å². The Morgan fingerprint density at radius 3 is 2.65 bits per heavy atom. The Hall–Kier alpha value is -0.810. The molecule has 1 aliphatic rings. The van der Waals surface area contributed by atoms with Gasteiger partial charge in [-0.25, -0.2) is 0 Å². The molecule has 1 rings (SSSR count). The van der Waals surface area contributed by atoms with E-state index in [4.69, 9.17) is 5.73 Å². The molecule has 1 heterocycles. The van der Waals surface area contributed by atoms with E-state index in [-0.39, 0.29) is 36.8 Å². The summed E-state index contributed by atoms with van der Waals surface area (Å²) in [5.41, 5.74) is 5.69. The summed E-state index contributed by atoms with van der Waals surface area (Å²) in [6.07, 6.45) is 4.49. The lowest BCUT2D eigenvalue weighted by atomic mass is 10.0. The van der Waals surface area contributed by atoms with Gasteiger partial charge >= 0.3 is 0 Å². The fraction of sp³-hybridized carbons (Fsp3) is 0.857. The van der Waals surface area contributed by atoms with E-state index in [9.17, 15) is 9.59 Å². The summed E-state index contributed by atoms with van der Waals surface area (Å²) in [4.78, 5) is 25.5. The first-order chi connectivity index (χ1) is 9.04. The highest BCUT2D eigenvalue weighted by Crippen LogP contribution is 2.15. The molecule has 20 heavy (non-hydrogen) atoms. The van der Waals surface area contributed by atoms with Gasteiger partial charge in [0.15, 0.2) is 0 Å². The molecule has 1 atom stereocenters. The van der Waals surface area contributed by atoms with E-state index in [1.807, 2.05) is 4.90 Å². The number of carbonyl (C=O) groups excluding carboxylic acids is 2. The number of nitrogens with zero attached hydrogens (tertiary/aromatic N) is 1. The third-order valence-electron chi connectivity index (χ3n) is 3.61. The van der Waals surface area contributed by atoms with Crippen molar-refractivity contribution in [3.63, 3.8) is 0 Å². The van der Waals surface area contributed by atoms with Crippen LogP contribution in [0.15, 0.2) is 0 Å². The van der Waals surface area contributed by atoms with Crippen LogP contribution in [0.5, 0.6) is 0 Å². The minimum atomic E-state index is -0.0386. The Bertz CT molecular complexity index is 311. The van der Waals surface area contributed by atoms with Gasteiger partial charge in [-0.1, -0.05) is 13.8 Å². The van der Waals surface area contributed by atoms with Crippen molar-refractivity contribution in [2.75, 3.05) is 19.6 Å². The molecule has 118 valence electrons. The van der Waals surface area contributed by atoms with Gasteiger partial charge in [-0.2, -0.15) is 0 Å². The van der Waals surface area contributed by atoms with Gasteiger partial charge in [-0.15, -0.1) is 12.4 Å². The number of nitrogens with two attached hydrogens (primary N) is 1. The molecule has 1 aliphatic heterocycles. The molecule has 0 radical (unpaired) electrons. The molecule has 5 nitrogen and oxygen atoms in total. The Morgan fingerprint density at radius 2 is 2.05 bits per heavy atom. The van der Waals surface area contributed by atoms with E-state index >= 15 is 0 Å². The lowest BCUT2D eigenvalue weighted by Gasteiger charge is -2.35. The monoisotopic (exact) mass is 305 g/mol. The van der Waals surface area contributed by atoms with Crippen LogP contribution in [0.2, 0.25) is 0 Å². The van der Waals surface area contributed by atoms with Crippen molar-refractivity contribution >= 4 is 24.2 Å². The summed E-state index contributed by atoms with van der Waals surface area (Å²) in [6.45, 7) is 5.54.